The number of amides is 1. The van der Waals surface area contributed by atoms with E-state index in [0.29, 0.717) is 19.6 Å². The van der Waals surface area contributed by atoms with Crippen LogP contribution >= 0.6 is 0 Å². The van der Waals surface area contributed by atoms with Crippen molar-refractivity contribution in [3.8, 4) is 0 Å². The van der Waals surface area contributed by atoms with Crippen molar-refractivity contribution >= 4 is 20.4 Å². The summed E-state index contributed by atoms with van der Waals surface area (Å²) in [5, 5.41) is 3.66. The van der Waals surface area contributed by atoms with Crippen molar-refractivity contribution in [2.24, 2.45) is 0 Å². The van der Waals surface area contributed by atoms with Crippen LogP contribution < -0.4 is 5.32 Å². The molecule has 0 bridgehead atoms. The van der Waals surface area contributed by atoms with Crippen molar-refractivity contribution in [2.75, 3.05) is 6.61 Å². The maximum atomic E-state index is 14.5. The quantitative estimate of drug-likeness (QED) is 0.121. The smallest absolute Gasteiger partial charge is 0.411 e. The zero-order valence-corrected chi connectivity index (χ0v) is 29.7. The van der Waals surface area contributed by atoms with E-state index in [0.717, 1.165) is 22.3 Å². The molecule has 1 fully saturated rings. The average molecular weight is 665 g/mol. The molecule has 0 aliphatic carbocycles. The standard InChI is InChI=1S/C40H48N2O5Si/c1-40(2,3)48(4,5)46-27-26-34(41-28-30-18-10-6-11-19-30)36-38(43)47-37(33-24-16-9-17-25-33)35(32-22-14-8-15-23-32)42(36)39(44)45-29-31-20-12-7-13-21-31/h6-25,34-37,41H,26-29H2,1-5H3/t34-,35+,36+,37-/m1/s1. The molecule has 4 aromatic rings. The summed E-state index contributed by atoms with van der Waals surface area (Å²) in [4.78, 5) is 30.5. The fourth-order valence-electron chi connectivity index (χ4n) is 5.82. The van der Waals surface area contributed by atoms with Gasteiger partial charge in [0.25, 0.3) is 0 Å². The first kappa shape index (κ1) is 35.1. The molecule has 4 atom stereocenters. The molecule has 48 heavy (non-hydrogen) atoms. The number of hydrogen-bond acceptors (Lipinski definition) is 6. The highest BCUT2D eigenvalue weighted by atomic mass is 28.4. The van der Waals surface area contributed by atoms with Crippen LogP contribution in [0.5, 0.6) is 0 Å². The van der Waals surface area contributed by atoms with Crippen LogP contribution in [0.4, 0.5) is 4.79 Å². The van der Waals surface area contributed by atoms with Crippen LogP contribution in [0.3, 0.4) is 0 Å². The molecular weight excluding hydrogens is 617 g/mol. The van der Waals surface area contributed by atoms with E-state index in [1.54, 1.807) is 4.90 Å². The van der Waals surface area contributed by atoms with Crippen LogP contribution in [0.1, 0.15) is 61.6 Å². The van der Waals surface area contributed by atoms with Crippen LogP contribution in [0, 0.1) is 0 Å². The Kier molecular flexibility index (Phi) is 11.5. The van der Waals surface area contributed by atoms with E-state index in [1.807, 2.05) is 121 Å². The second-order valence-electron chi connectivity index (χ2n) is 13.9. The number of carbonyl (C=O) groups is 2. The summed E-state index contributed by atoms with van der Waals surface area (Å²) < 4.78 is 19.0. The molecule has 7 nitrogen and oxygen atoms in total. The molecule has 0 saturated carbocycles. The van der Waals surface area contributed by atoms with Gasteiger partial charge in [0.05, 0.1) is 0 Å². The lowest BCUT2D eigenvalue weighted by molar-refractivity contribution is -0.175. The number of hydrogen-bond donors (Lipinski definition) is 1. The fraction of sp³-hybridized carbons (Fsp3) is 0.350. The van der Waals surface area contributed by atoms with E-state index < -0.39 is 44.6 Å². The first-order chi connectivity index (χ1) is 23.0. The molecule has 0 radical (unpaired) electrons. The maximum Gasteiger partial charge on any atom is 0.411 e. The molecule has 1 saturated heterocycles. The van der Waals surface area contributed by atoms with Crippen molar-refractivity contribution in [1.82, 2.24) is 10.2 Å². The summed E-state index contributed by atoms with van der Waals surface area (Å²) in [7, 11) is -2.08. The monoisotopic (exact) mass is 664 g/mol. The van der Waals surface area contributed by atoms with Crippen molar-refractivity contribution in [3.05, 3.63) is 144 Å². The van der Waals surface area contributed by atoms with Gasteiger partial charge in [-0.1, -0.05) is 142 Å². The Morgan fingerprint density at radius 2 is 1.33 bits per heavy atom. The Labute approximate surface area is 286 Å². The molecule has 8 heteroatoms. The highest BCUT2D eigenvalue weighted by Gasteiger charge is 2.51. The number of ether oxygens (including phenoxy) is 2. The zero-order chi connectivity index (χ0) is 34.1. The number of cyclic esters (lactones) is 1. The SMILES string of the molecule is CC(C)(C)[Si](C)(C)OCC[C@@H](NCc1ccccc1)[C@H]1C(=O)O[C@H](c2ccccc2)[C@H](c2ccccc2)N1C(=O)OCc1ccccc1. The highest BCUT2D eigenvalue weighted by Crippen LogP contribution is 2.44. The van der Waals surface area contributed by atoms with Gasteiger partial charge >= 0.3 is 12.1 Å². The lowest BCUT2D eigenvalue weighted by Crippen LogP contribution is -2.62. The molecule has 1 aliphatic heterocycles. The Balaban J connectivity index is 1.55. The summed E-state index contributed by atoms with van der Waals surface area (Å²) in [5.41, 5.74) is 3.57. The summed E-state index contributed by atoms with van der Waals surface area (Å²) in [5.74, 6) is -0.481. The van der Waals surface area contributed by atoms with Gasteiger partial charge in [-0.25, -0.2) is 9.59 Å². The number of nitrogens with one attached hydrogen (secondary N) is 1. The number of morpholine rings is 1. The van der Waals surface area contributed by atoms with Crippen molar-refractivity contribution in [2.45, 2.75) is 82.7 Å². The molecule has 1 N–H and O–H groups in total. The predicted molar refractivity (Wildman–Crippen MR) is 192 cm³/mol. The number of esters is 1. The van der Waals surface area contributed by atoms with E-state index in [9.17, 15) is 9.59 Å². The highest BCUT2D eigenvalue weighted by molar-refractivity contribution is 6.74. The molecule has 4 aromatic carbocycles. The first-order valence-electron chi connectivity index (χ1n) is 16.8. The molecule has 0 unspecified atom stereocenters. The van der Waals surface area contributed by atoms with E-state index in [4.69, 9.17) is 13.9 Å². The Bertz CT molecular complexity index is 1600. The number of benzene rings is 4. The van der Waals surface area contributed by atoms with Gasteiger partial charge in [0.15, 0.2) is 14.4 Å². The largest absolute Gasteiger partial charge is 0.453 e. The second kappa shape index (κ2) is 15.8. The molecule has 0 aromatic heterocycles. The summed E-state index contributed by atoms with van der Waals surface area (Å²) >= 11 is 0. The van der Waals surface area contributed by atoms with Crippen LogP contribution in [0.15, 0.2) is 121 Å². The van der Waals surface area contributed by atoms with Crippen LogP contribution in [0.2, 0.25) is 18.1 Å². The topological polar surface area (TPSA) is 77.1 Å². The predicted octanol–water partition coefficient (Wildman–Crippen LogP) is 8.60. The Hall–Kier alpha value is -4.24. The fourth-order valence-corrected chi connectivity index (χ4v) is 6.88. The van der Waals surface area contributed by atoms with Crippen LogP contribution in [-0.2, 0) is 31.8 Å². The minimum absolute atomic E-state index is 0.0261. The van der Waals surface area contributed by atoms with E-state index in [1.165, 1.54) is 0 Å². The van der Waals surface area contributed by atoms with Gasteiger partial charge in [-0.3, -0.25) is 4.90 Å². The molecule has 1 amide bonds. The van der Waals surface area contributed by atoms with E-state index in [-0.39, 0.29) is 11.6 Å². The third kappa shape index (κ3) is 8.61. The van der Waals surface area contributed by atoms with Gasteiger partial charge in [-0.2, -0.15) is 0 Å². The van der Waals surface area contributed by atoms with Crippen LogP contribution in [0.25, 0.3) is 0 Å². The zero-order valence-electron chi connectivity index (χ0n) is 28.7. The van der Waals surface area contributed by atoms with Crippen molar-refractivity contribution < 1.29 is 23.5 Å². The molecule has 5 rings (SSSR count). The Morgan fingerprint density at radius 1 is 0.812 bits per heavy atom. The average Bonchev–Trinajstić information content (AvgIpc) is 3.09. The molecule has 252 valence electrons. The normalized spacial score (nSPS) is 19.0. The number of carbonyl (C=O) groups excluding carboxylic acids is 2. The van der Waals surface area contributed by atoms with Gasteiger partial charge < -0.3 is 19.2 Å². The van der Waals surface area contributed by atoms with Gasteiger partial charge in [0.1, 0.15) is 18.7 Å². The maximum absolute atomic E-state index is 14.5. The molecule has 1 aliphatic rings. The van der Waals surface area contributed by atoms with E-state index in [2.05, 4.69) is 39.2 Å². The van der Waals surface area contributed by atoms with Crippen molar-refractivity contribution in [3.63, 3.8) is 0 Å². The lowest BCUT2D eigenvalue weighted by atomic mass is 9.89. The summed E-state index contributed by atoms with van der Waals surface area (Å²) in [6, 6.07) is 36.9. The lowest BCUT2D eigenvalue weighted by Gasteiger charge is -2.47. The third-order valence-corrected chi connectivity index (χ3v) is 14.1. The molecule has 0 spiro atoms. The minimum atomic E-state index is -2.08. The van der Waals surface area contributed by atoms with Gasteiger partial charge in [0.2, 0.25) is 0 Å². The number of nitrogens with zero attached hydrogens (tertiary/aromatic N) is 1. The summed E-state index contributed by atoms with van der Waals surface area (Å²) in [6.07, 6.45) is -0.828. The van der Waals surface area contributed by atoms with Crippen molar-refractivity contribution in [1.29, 1.82) is 0 Å². The van der Waals surface area contributed by atoms with E-state index >= 15 is 0 Å². The van der Waals surface area contributed by atoms with Gasteiger partial charge in [-0.15, -0.1) is 0 Å². The third-order valence-electron chi connectivity index (χ3n) is 9.55. The van der Waals surface area contributed by atoms with Gasteiger partial charge in [0, 0.05) is 19.2 Å². The second-order valence-corrected chi connectivity index (χ2v) is 18.7. The Morgan fingerprint density at radius 3 is 1.90 bits per heavy atom. The van der Waals surface area contributed by atoms with Gasteiger partial charge in [-0.05, 0) is 46.8 Å². The minimum Gasteiger partial charge on any atom is -0.453 e. The number of rotatable bonds is 12. The summed E-state index contributed by atoms with van der Waals surface area (Å²) in [6.45, 7) is 12.1. The molecule has 1 heterocycles. The first-order valence-corrected chi connectivity index (χ1v) is 19.7. The van der Waals surface area contributed by atoms with Crippen LogP contribution in [-0.4, -0.2) is 44.0 Å². The molecular formula is C40H48N2O5Si.